The minimum Gasteiger partial charge on any atom is -0.381 e. The Hall–Kier alpha value is -1.39. The molecule has 0 aromatic heterocycles. The van der Waals surface area contributed by atoms with Crippen molar-refractivity contribution in [2.24, 2.45) is 16.7 Å². The van der Waals surface area contributed by atoms with Gasteiger partial charge in [0.2, 0.25) is 5.91 Å². The van der Waals surface area contributed by atoms with Crippen molar-refractivity contribution in [2.75, 3.05) is 19.8 Å². The summed E-state index contributed by atoms with van der Waals surface area (Å²) >= 11 is 0. The van der Waals surface area contributed by atoms with Crippen molar-refractivity contribution < 1.29 is 9.53 Å². The number of carbonyl (C=O) groups excluding carboxylic acids is 1. The van der Waals surface area contributed by atoms with Crippen molar-refractivity contribution in [3.05, 3.63) is 35.9 Å². The molecule has 4 aliphatic carbocycles. The molecule has 1 heterocycles. The van der Waals surface area contributed by atoms with Gasteiger partial charge in [0, 0.05) is 18.7 Å². The van der Waals surface area contributed by atoms with Gasteiger partial charge < -0.3 is 15.4 Å². The fraction of sp³-hybridized carbons (Fsp3) is 0.731. The fourth-order valence-electron chi connectivity index (χ4n) is 8.09. The number of rotatable bonds is 6. The minimum atomic E-state index is -0.222. The molecule has 1 aromatic rings. The molecule has 6 atom stereocenters. The molecule has 5 aliphatic rings. The van der Waals surface area contributed by atoms with Gasteiger partial charge in [-0.25, -0.2) is 0 Å². The normalized spacial score (nSPS) is 42.3. The number of amides is 1. The quantitative estimate of drug-likeness (QED) is 0.739. The van der Waals surface area contributed by atoms with Crippen molar-refractivity contribution in [1.29, 1.82) is 0 Å². The lowest BCUT2D eigenvalue weighted by molar-refractivity contribution is -0.172. The van der Waals surface area contributed by atoms with Crippen molar-refractivity contribution in [3.63, 3.8) is 0 Å². The Morgan fingerprint density at radius 3 is 2.77 bits per heavy atom. The Labute approximate surface area is 181 Å². The first-order valence-corrected chi connectivity index (χ1v) is 12.1. The van der Waals surface area contributed by atoms with E-state index in [1.54, 1.807) is 0 Å². The molecule has 4 bridgehead atoms. The lowest BCUT2D eigenvalue weighted by Gasteiger charge is -2.66. The van der Waals surface area contributed by atoms with Gasteiger partial charge in [0.1, 0.15) is 0 Å². The largest absolute Gasteiger partial charge is 0.381 e. The van der Waals surface area contributed by atoms with E-state index in [0.717, 1.165) is 51.9 Å². The molecule has 164 valence electrons. The third-order valence-corrected chi connectivity index (χ3v) is 8.62. The SMILES string of the molecule is CCOC[C@]12CC3CC(C(=O)N[C@H]4CCN[C@@H](C)C4)(C1)C[C@@](c1ccccc1)(C3)C2. The Balaban J connectivity index is 1.46. The van der Waals surface area contributed by atoms with E-state index >= 15 is 0 Å². The molecular formula is C26H38N2O2. The standard InChI is InChI=1S/C26H38N2O2/c1-3-30-18-24-12-20-13-25(15-24,21-7-5-4-6-8-21)17-26(14-20,16-24)23(29)28-22-9-10-27-19(2)11-22/h4-8,19-20,22,27H,3,9-18H2,1-2H3,(H,28,29)/t19-,20?,22-,24-,25+,26?/m0/s1. The van der Waals surface area contributed by atoms with Crippen molar-refractivity contribution in [2.45, 2.75) is 82.7 Å². The van der Waals surface area contributed by atoms with Crippen molar-refractivity contribution in [3.8, 4) is 0 Å². The van der Waals surface area contributed by atoms with Crippen LogP contribution in [0.1, 0.15) is 70.8 Å². The predicted molar refractivity (Wildman–Crippen MR) is 119 cm³/mol. The van der Waals surface area contributed by atoms with Gasteiger partial charge in [-0.2, -0.15) is 0 Å². The molecule has 2 N–H and O–H groups in total. The molecular weight excluding hydrogens is 372 g/mol. The van der Waals surface area contributed by atoms with Crippen LogP contribution < -0.4 is 10.6 Å². The summed E-state index contributed by atoms with van der Waals surface area (Å²) in [5, 5.41) is 7.04. The number of nitrogens with one attached hydrogen (secondary N) is 2. The minimum absolute atomic E-state index is 0.135. The van der Waals surface area contributed by atoms with E-state index in [1.807, 2.05) is 0 Å². The lowest BCUT2D eigenvalue weighted by Crippen LogP contribution is -2.64. The molecule has 4 heteroatoms. The van der Waals surface area contributed by atoms with E-state index in [0.29, 0.717) is 23.9 Å². The third kappa shape index (κ3) is 3.50. The monoisotopic (exact) mass is 410 g/mol. The molecule has 5 fully saturated rings. The predicted octanol–water partition coefficient (Wildman–Crippen LogP) is 4.19. The Bertz CT molecular complexity index is 782. The maximum Gasteiger partial charge on any atom is 0.226 e. The highest BCUT2D eigenvalue weighted by atomic mass is 16.5. The molecule has 1 amide bonds. The van der Waals surface area contributed by atoms with E-state index in [2.05, 4.69) is 54.8 Å². The Morgan fingerprint density at radius 2 is 2.00 bits per heavy atom. The Morgan fingerprint density at radius 1 is 1.17 bits per heavy atom. The van der Waals surface area contributed by atoms with Gasteiger partial charge in [-0.15, -0.1) is 0 Å². The topological polar surface area (TPSA) is 50.4 Å². The van der Waals surface area contributed by atoms with E-state index < -0.39 is 0 Å². The highest BCUT2D eigenvalue weighted by Crippen LogP contribution is 2.70. The van der Waals surface area contributed by atoms with Crippen LogP contribution in [0.4, 0.5) is 0 Å². The van der Waals surface area contributed by atoms with Crippen LogP contribution in [0.15, 0.2) is 30.3 Å². The van der Waals surface area contributed by atoms with E-state index in [9.17, 15) is 4.79 Å². The van der Waals surface area contributed by atoms with Gasteiger partial charge in [-0.3, -0.25) is 4.79 Å². The fourth-order valence-corrected chi connectivity index (χ4v) is 8.09. The van der Waals surface area contributed by atoms with Gasteiger partial charge >= 0.3 is 0 Å². The maximum atomic E-state index is 13.9. The third-order valence-electron chi connectivity index (χ3n) is 8.62. The van der Waals surface area contributed by atoms with Gasteiger partial charge in [-0.05, 0) is 94.1 Å². The lowest BCUT2D eigenvalue weighted by atomic mass is 9.38. The summed E-state index contributed by atoms with van der Waals surface area (Å²) in [6.07, 6.45) is 8.84. The summed E-state index contributed by atoms with van der Waals surface area (Å²) in [5.74, 6) is 0.978. The van der Waals surface area contributed by atoms with Crippen LogP contribution in [0.25, 0.3) is 0 Å². The van der Waals surface area contributed by atoms with Gasteiger partial charge in [0.05, 0.1) is 12.0 Å². The molecule has 0 spiro atoms. The number of ether oxygens (including phenoxy) is 1. The smallest absolute Gasteiger partial charge is 0.226 e. The summed E-state index contributed by atoms with van der Waals surface area (Å²) in [7, 11) is 0. The number of hydrogen-bond donors (Lipinski definition) is 2. The first-order chi connectivity index (χ1) is 14.5. The second-order valence-corrected chi connectivity index (χ2v) is 11.1. The molecule has 4 nitrogen and oxygen atoms in total. The van der Waals surface area contributed by atoms with Gasteiger partial charge in [0.25, 0.3) is 0 Å². The molecule has 1 aromatic carbocycles. The number of carbonyl (C=O) groups is 1. The summed E-state index contributed by atoms with van der Waals surface area (Å²) < 4.78 is 6.05. The first kappa shape index (κ1) is 20.5. The number of benzene rings is 1. The van der Waals surface area contributed by atoms with E-state index in [-0.39, 0.29) is 16.2 Å². The molecule has 4 saturated carbocycles. The second kappa shape index (κ2) is 7.63. The summed E-state index contributed by atoms with van der Waals surface area (Å²) in [4.78, 5) is 13.9. The summed E-state index contributed by atoms with van der Waals surface area (Å²) in [5.41, 5.74) is 1.52. The molecule has 30 heavy (non-hydrogen) atoms. The van der Waals surface area contributed by atoms with E-state index in [1.165, 1.54) is 24.8 Å². The molecule has 1 aliphatic heterocycles. The Kier molecular flexibility index (Phi) is 5.22. The van der Waals surface area contributed by atoms with Crippen LogP contribution in [-0.2, 0) is 14.9 Å². The highest BCUT2D eigenvalue weighted by molar-refractivity contribution is 5.84. The molecule has 1 saturated heterocycles. The van der Waals surface area contributed by atoms with Crippen LogP contribution in [0.2, 0.25) is 0 Å². The van der Waals surface area contributed by atoms with Crippen LogP contribution >= 0.6 is 0 Å². The van der Waals surface area contributed by atoms with Crippen molar-refractivity contribution >= 4 is 5.91 Å². The number of piperidine rings is 1. The maximum absolute atomic E-state index is 13.9. The second-order valence-electron chi connectivity index (χ2n) is 11.1. The zero-order chi connectivity index (χ0) is 20.8. The summed E-state index contributed by atoms with van der Waals surface area (Å²) in [6.45, 7) is 6.90. The number of hydrogen-bond acceptors (Lipinski definition) is 3. The molecule has 6 rings (SSSR count). The van der Waals surface area contributed by atoms with Crippen LogP contribution in [0, 0.1) is 16.7 Å². The molecule has 2 unspecified atom stereocenters. The van der Waals surface area contributed by atoms with Crippen LogP contribution in [-0.4, -0.2) is 37.7 Å². The van der Waals surface area contributed by atoms with Gasteiger partial charge in [-0.1, -0.05) is 30.3 Å². The average Bonchev–Trinajstić information content (AvgIpc) is 2.72. The molecule has 0 radical (unpaired) electrons. The van der Waals surface area contributed by atoms with Crippen molar-refractivity contribution in [1.82, 2.24) is 10.6 Å². The van der Waals surface area contributed by atoms with Gasteiger partial charge in [0.15, 0.2) is 0 Å². The zero-order valence-electron chi connectivity index (χ0n) is 18.7. The highest BCUT2D eigenvalue weighted by Gasteiger charge is 2.66. The van der Waals surface area contributed by atoms with Crippen LogP contribution in [0.3, 0.4) is 0 Å². The van der Waals surface area contributed by atoms with Crippen LogP contribution in [0.5, 0.6) is 0 Å². The summed E-state index contributed by atoms with van der Waals surface area (Å²) in [6, 6.07) is 11.9. The zero-order valence-corrected chi connectivity index (χ0v) is 18.7. The average molecular weight is 411 g/mol. The first-order valence-electron chi connectivity index (χ1n) is 12.1. The van der Waals surface area contributed by atoms with E-state index in [4.69, 9.17) is 4.74 Å².